The molecule has 0 radical (unpaired) electrons. The fourth-order valence-corrected chi connectivity index (χ4v) is 3.95. The van der Waals surface area contributed by atoms with Crippen molar-refractivity contribution in [3.63, 3.8) is 0 Å². The number of hydrogen-bond donors (Lipinski definition) is 3. The number of hydrogen-bond acceptors (Lipinski definition) is 4. The normalized spacial score (nSPS) is 10.8. The minimum atomic E-state index is -0.508. The second kappa shape index (κ2) is 8.61. The van der Waals surface area contributed by atoms with Crippen molar-refractivity contribution in [3.05, 3.63) is 87.6 Å². The number of halogens is 3. The Morgan fingerprint density at radius 2 is 1.29 bits per heavy atom. The van der Waals surface area contributed by atoms with Gasteiger partial charge in [0.15, 0.2) is 0 Å². The van der Waals surface area contributed by atoms with E-state index in [1.54, 1.807) is 18.2 Å². The van der Waals surface area contributed by atoms with Gasteiger partial charge in [0, 0.05) is 19.9 Å². The Morgan fingerprint density at radius 3 is 2.00 bits per heavy atom. The first-order chi connectivity index (χ1) is 14.8. The minimum Gasteiger partial charge on any atom is -0.507 e. The molecular weight excluding hydrogens is 531 g/mol. The molecule has 0 aliphatic rings. The third-order valence-electron chi connectivity index (χ3n) is 4.66. The van der Waals surface area contributed by atoms with E-state index in [0.717, 1.165) is 20.8 Å². The minimum absolute atomic E-state index is 0.104. The van der Waals surface area contributed by atoms with Crippen LogP contribution in [0, 0.1) is 5.82 Å². The van der Waals surface area contributed by atoms with Crippen LogP contribution in [0.25, 0.3) is 33.1 Å². The second-order valence-corrected chi connectivity index (χ2v) is 8.52. The largest absolute Gasteiger partial charge is 0.507 e. The molecule has 31 heavy (non-hydrogen) atoms. The van der Waals surface area contributed by atoms with Crippen LogP contribution in [0.15, 0.2) is 86.2 Å². The smallest absolute Gasteiger partial charge is 0.139 e. The number of benzene rings is 4. The highest BCUT2D eigenvalue weighted by molar-refractivity contribution is 9.10. The van der Waals surface area contributed by atoms with Gasteiger partial charge in [0.25, 0.3) is 0 Å². The predicted molar refractivity (Wildman–Crippen MR) is 126 cm³/mol. The van der Waals surface area contributed by atoms with Crippen LogP contribution >= 0.6 is 31.9 Å². The molecule has 0 fully saturated rings. The summed E-state index contributed by atoms with van der Waals surface area (Å²) in [6, 6.07) is 19.8. The van der Waals surface area contributed by atoms with Crippen molar-refractivity contribution in [1.29, 1.82) is 0 Å². The maximum absolute atomic E-state index is 13.6. The van der Waals surface area contributed by atoms with Gasteiger partial charge in [-0.05, 0) is 54.6 Å². The molecule has 0 aliphatic carbocycles. The number of phenolic OH excluding ortho intramolecular Hbond substituents is 3. The zero-order valence-corrected chi connectivity index (χ0v) is 19.0. The van der Waals surface area contributed by atoms with Crippen LogP contribution in [0.4, 0.5) is 4.39 Å². The average Bonchev–Trinajstić information content (AvgIpc) is 3.08. The summed E-state index contributed by atoms with van der Waals surface area (Å²) in [6.07, 6.45) is 0. The SMILES string of the molecule is Oc1cccc(O)c1-c1ccc(Br)cc1F.Oc1cccc2oc3cc(Br)ccc3c12. The summed E-state index contributed by atoms with van der Waals surface area (Å²) in [6.45, 7) is 0. The van der Waals surface area contributed by atoms with Crippen LogP contribution in [-0.2, 0) is 0 Å². The molecule has 5 rings (SSSR count). The Bertz CT molecular complexity index is 1390. The van der Waals surface area contributed by atoms with Crippen molar-refractivity contribution in [3.8, 4) is 28.4 Å². The molecule has 5 aromatic rings. The number of fused-ring (bicyclic) bond motifs is 3. The van der Waals surface area contributed by atoms with Crippen LogP contribution in [0.1, 0.15) is 0 Å². The van der Waals surface area contributed by atoms with E-state index in [4.69, 9.17) is 4.42 Å². The molecule has 0 spiro atoms. The number of rotatable bonds is 1. The number of phenols is 3. The summed E-state index contributed by atoms with van der Waals surface area (Å²) in [5.41, 5.74) is 1.76. The van der Waals surface area contributed by atoms with Crippen LogP contribution in [0.3, 0.4) is 0 Å². The van der Waals surface area contributed by atoms with Gasteiger partial charge in [-0.25, -0.2) is 4.39 Å². The highest BCUT2D eigenvalue weighted by atomic mass is 79.9. The lowest BCUT2D eigenvalue weighted by atomic mass is 10.0. The molecule has 0 bridgehead atoms. The molecule has 4 nitrogen and oxygen atoms in total. The zero-order chi connectivity index (χ0) is 22.1. The Labute approximate surface area is 193 Å². The van der Waals surface area contributed by atoms with Crippen molar-refractivity contribution in [1.82, 2.24) is 0 Å². The van der Waals surface area contributed by atoms with Crippen LogP contribution in [0.5, 0.6) is 17.2 Å². The topological polar surface area (TPSA) is 73.8 Å². The van der Waals surface area contributed by atoms with Gasteiger partial charge in [0.05, 0.1) is 10.9 Å². The van der Waals surface area contributed by atoms with E-state index >= 15 is 0 Å². The number of aromatic hydroxyl groups is 3. The van der Waals surface area contributed by atoms with E-state index in [-0.39, 0.29) is 28.4 Å². The molecule has 1 heterocycles. The predicted octanol–water partition coefficient (Wildman–Crippen LogP) is 7.72. The molecule has 0 saturated carbocycles. The summed E-state index contributed by atoms with van der Waals surface area (Å²) in [5.74, 6) is -0.554. The third kappa shape index (κ3) is 4.24. The first kappa shape index (κ1) is 21.2. The van der Waals surface area contributed by atoms with E-state index < -0.39 is 5.82 Å². The molecule has 3 N–H and O–H groups in total. The van der Waals surface area contributed by atoms with Gasteiger partial charge in [-0.15, -0.1) is 0 Å². The second-order valence-electron chi connectivity index (χ2n) is 6.69. The molecule has 0 unspecified atom stereocenters. The molecule has 0 atom stereocenters. The van der Waals surface area contributed by atoms with Crippen LogP contribution in [-0.4, -0.2) is 15.3 Å². The van der Waals surface area contributed by atoms with E-state index in [9.17, 15) is 19.7 Å². The van der Waals surface area contributed by atoms with Gasteiger partial charge in [0.2, 0.25) is 0 Å². The fourth-order valence-electron chi connectivity index (χ4n) is 3.28. The molecule has 0 saturated heterocycles. The van der Waals surface area contributed by atoms with Crippen molar-refractivity contribution >= 4 is 53.8 Å². The quantitative estimate of drug-likeness (QED) is 0.201. The van der Waals surface area contributed by atoms with Gasteiger partial charge in [-0.2, -0.15) is 0 Å². The van der Waals surface area contributed by atoms with Crippen molar-refractivity contribution < 1.29 is 24.1 Å². The molecule has 0 amide bonds. The van der Waals surface area contributed by atoms with Gasteiger partial charge in [-0.3, -0.25) is 0 Å². The van der Waals surface area contributed by atoms with Crippen molar-refractivity contribution in [2.45, 2.75) is 0 Å². The maximum atomic E-state index is 13.6. The van der Waals surface area contributed by atoms with Gasteiger partial charge < -0.3 is 19.7 Å². The fraction of sp³-hybridized carbons (Fsp3) is 0. The van der Waals surface area contributed by atoms with Gasteiger partial charge in [-0.1, -0.05) is 50.1 Å². The lowest BCUT2D eigenvalue weighted by Gasteiger charge is -2.08. The molecular formula is C24H15Br2FO4. The van der Waals surface area contributed by atoms with Gasteiger partial charge >= 0.3 is 0 Å². The van der Waals surface area contributed by atoms with Crippen molar-refractivity contribution in [2.24, 2.45) is 0 Å². The third-order valence-corrected chi connectivity index (χ3v) is 5.64. The summed E-state index contributed by atoms with van der Waals surface area (Å²) in [5, 5.41) is 30.7. The summed E-state index contributed by atoms with van der Waals surface area (Å²) in [7, 11) is 0. The molecule has 4 aromatic carbocycles. The monoisotopic (exact) mass is 544 g/mol. The Hall–Kier alpha value is -3.03. The first-order valence-corrected chi connectivity index (χ1v) is 10.7. The van der Waals surface area contributed by atoms with E-state index in [2.05, 4.69) is 31.9 Å². The lowest BCUT2D eigenvalue weighted by molar-refractivity contribution is 0.453. The Balaban J connectivity index is 0.000000149. The highest BCUT2D eigenvalue weighted by Crippen LogP contribution is 2.39. The van der Waals surface area contributed by atoms with E-state index in [1.165, 1.54) is 30.3 Å². The summed E-state index contributed by atoms with van der Waals surface area (Å²) >= 11 is 6.53. The van der Waals surface area contributed by atoms with E-state index in [0.29, 0.717) is 10.1 Å². The average molecular weight is 546 g/mol. The summed E-state index contributed by atoms with van der Waals surface area (Å²) in [4.78, 5) is 0. The zero-order valence-electron chi connectivity index (χ0n) is 15.8. The van der Waals surface area contributed by atoms with Gasteiger partial charge in [0.1, 0.15) is 34.2 Å². The molecule has 156 valence electrons. The molecule has 7 heteroatoms. The standard InChI is InChI=1S/C12H8BrFO2.C12H7BrO2/c13-7-4-5-8(9(14)6-7)12-10(15)2-1-3-11(12)16;13-7-4-5-8-11(6-7)15-10-3-1-2-9(14)12(8)10/h1-6,15-16H;1-6,14H. The Kier molecular flexibility index (Phi) is 5.89. The Morgan fingerprint density at radius 1 is 0.677 bits per heavy atom. The molecule has 1 aromatic heterocycles. The summed E-state index contributed by atoms with van der Waals surface area (Å²) < 4.78 is 20.8. The molecule has 0 aliphatic heterocycles. The highest BCUT2D eigenvalue weighted by Gasteiger charge is 2.14. The first-order valence-electron chi connectivity index (χ1n) is 9.11. The van der Waals surface area contributed by atoms with Crippen LogP contribution in [0.2, 0.25) is 0 Å². The lowest BCUT2D eigenvalue weighted by Crippen LogP contribution is -1.86. The van der Waals surface area contributed by atoms with Crippen LogP contribution < -0.4 is 0 Å². The number of furan rings is 1. The van der Waals surface area contributed by atoms with Crippen molar-refractivity contribution in [2.75, 3.05) is 0 Å². The maximum Gasteiger partial charge on any atom is 0.139 e. The van der Waals surface area contributed by atoms with E-state index in [1.807, 2.05) is 24.3 Å².